The summed E-state index contributed by atoms with van der Waals surface area (Å²) in [5.74, 6) is 0. The SMILES string of the molecule is O=S(=O)(O)C(F)(F)S(=O)(=O)N1CCN(S(=O)(=O)C(F)(F)SOOO)CC1. The lowest BCUT2D eigenvalue weighted by Crippen LogP contribution is -2.57. The number of hydrogen-bond acceptors (Lipinski definition) is 10. The minimum Gasteiger partial charge on any atom is -0.280 e. The highest BCUT2D eigenvalue weighted by atomic mass is 32.3. The maximum Gasteiger partial charge on any atom is 0.484 e. The molecule has 1 aliphatic rings. The Morgan fingerprint density at radius 1 is 0.846 bits per heavy atom. The van der Waals surface area contributed by atoms with Crippen LogP contribution in [0.25, 0.3) is 0 Å². The van der Waals surface area contributed by atoms with E-state index in [4.69, 9.17) is 9.81 Å². The minimum absolute atomic E-state index is 0.0261. The number of hydrogen-bond donors (Lipinski definition) is 2. The molecule has 1 saturated heterocycles. The van der Waals surface area contributed by atoms with E-state index in [1.54, 1.807) is 0 Å². The lowest BCUT2D eigenvalue weighted by Gasteiger charge is -2.35. The van der Waals surface area contributed by atoms with E-state index in [0.717, 1.165) is 0 Å². The first-order valence-electron chi connectivity index (χ1n) is 5.90. The van der Waals surface area contributed by atoms with Crippen LogP contribution in [0.5, 0.6) is 0 Å². The third-order valence-electron chi connectivity index (χ3n) is 2.94. The van der Waals surface area contributed by atoms with Crippen LogP contribution in [0, 0.1) is 0 Å². The molecule has 0 radical (unpaired) electrons. The fourth-order valence-electron chi connectivity index (χ4n) is 1.68. The molecule has 0 aromatic carbocycles. The first kappa shape index (κ1) is 23.7. The van der Waals surface area contributed by atoms with Crippen LogP contribution < -0.4 is 0 Å². The van der Waals surface area contributed by atoms with E-state index >= 15 is 0 Å². The number of halogens is 4. The van der Waals surface area contributed by atoms with Crippen LogP contribution in [0.4, 0.5) is 17.6 Å². The predicted octanol–water partition coefficient (Wildman–Crippen LogP) is -0.679. The molecule has 0 saturated carbocycles. The van der Waals surface area contributed by atoms with Gasteiger partial charge in [0.15, 0.2) is 0 Å². The van der Waals surface area contributed by atoms with E-state index in [1.165, 1.54) is 0 Å². The molecule has 0 unspecified atom stereocenters. The Bertz CT molecular complexity index is 820. The molecule has 0 spiro atoms. The molecule has 1 rings (SSSR count). The van der Waals surface area contributed by atoms with Crippen molar-refractivity contribution in [1.82, 2.24) is 8.61 Å². The van der Waals surface area contributed by atoms with Gasteiger partial charge in [0.1, 0.15) is 12.0 Å². The molecule has 0 aliphatic carbocycles. The summed E-state index contributed by atoms with van der Waals surface area (Å²) in [6, 6.07) is 0. The third-order valence-corrected chi connectivity index (χ3v) is 9.25. The molecule has 0 amide bonds. The van der Waals surface area contributed by atoms with Gasteiger partial charge in [-0.3, -0.25) is 4.55 Å². The average molecular weight is 474 g/mol. The standard InChI is InChI=1S/C6H10F4N2O10S4/c7-5(8,23-22-21-13)24(14,15)11-1-3-12(4-2-11)25(16,17)6(9,10)26(18,19)20/h13H,1-4H2,(H,18,19,20). The summed E-state index contributed by atoms with van der Waals surface area (Å²) < 4.78 is 123. The Kier molecular flexibility index (Phi) is 6.93. The zero-order valence-corrected chi connectivity index (χ0v) is 15.3. The van der Waals surface area contributed by atoms with Crippen molar-refractivity contribution in [2.24, 2.45) is 0 Å². The monoisotopic (exact) mass is 474 g/mol. The average Bonchev–Trinajstić information content (AvgIpc) is 2.51. The van der Waals surface area contributed by atoms with Gasteiger partial charge in [0.2, 0.25) is 0 Å². The van der Waals surface area contributed by atoms with Gasteiger partial charge in [0.05, 0.1) is 0 Å². The van der Waals surface area contributed by atoms with Crippen molar-refractivity contribution in [3.63, 3.8) is 0 Å². The fourth-order valence-corrected chi connectivity index (χ4v) is 5.81. The number of nitrogens with zero attached hydrogens (tertiary/aromatic N) is 2. The van der Waals surface area contributed by atoms with Crippen LogP contribution in [-0.4, -0.2) is 79.0 Å². The van der Waals surface area contributed by atoms with Crippen molar-refractivity contribution in [1.29, 1.82) is 0 Å². The van der Waals surface area contributed by atoms with Crippen LogP contribution in [0.3, 0.4) is 0 Å². The summed E-state index contributed by atoms with van der Waals surface area (Å²) in [5, 5.41) is 10.6. The molecular weight excluding hydrogens is 464 g/mol. The first-order chi connectivity index (χ1) is 11.5. The van der Waals surface area contributed by atoms with Crippen molar-refractivity contribution < 1.29 is 62.0 Å². The van der Waals surface area contributed by atoms with Crippen LogP contribution >= 0.6 is 12.0 Å². The summed E-state index contributed by atoms with van der Waals surface area (Å²) in [4.78, 5) is 0. The van der Waals surface area contributed by atoms with Crippen molar-refractivity contribution in [3.8, 4) is 0 Å². The molecule has 20 heteroatoms. The second kappa shape index (κ2) is 7.60. The van der Waals surface area contributed by atoms with Crippen molar-refractivity contribution >= 4 is 42.2 Å². The predicted molar refractivity (Wildman–Crippen MR) is 74.8 cm³/mol. The van der Waals surface area contributed by atoms with Gasteiger partial charge >= 0.3 is 19.3 Å². The summed E-state index contributed by atoms with van der Waals surface area (Å²) >= 11 is -1.11. The van der Waals surface area contributed by atoms with Crippen LogP contribution in [0.2, 0.25) is 0 Å². The molecule has 0 aromatic rings. The van der Waals surface area contributed by atoms with E-state index in [-0.39, 0.29) is 8.61 Å². The molecule has 0 aromatic heterocycles. The van der Waals surface area contributed by atoms with Gasteiger partial charge in [-0.15, -0.1) is 4.33 Å². The Morgan fingerprint density at radius 3 is 1.58 bits per heavy atom. The van der Waals surface area contributed by atoms with Crippen molar-refractivity contribution in [2.75, 3.05) is 26.2 Å². The zero-order chi connectivity index (χ0) is 20.6. The summed E-state index contributed by atoms with van der Waals surface area (Å²) in [6.45, 7) is -4.30. The lowest BCUT2D eigenvalue weighted by molar-refractivity contribution is -0.433. The lowest BCUT2D eigenvalue weighted by atomic mass is 10.4. The Hall–Kier alpha value is -0.320. The molecule has 0 atom stereocenters. The molecule has 156 valence electrons. The molecule has 1 aliphatic heterocycles. The highest BCUT2D eigenvalue weighted by molar-refractivity contribution is 8.10. The van der Waals surface area contributed by atoms with E-state index in [1.807, 2.05) is 0 Å². The quantitative estimate of drug-likeness (QED) is 0.150. The van der Waals surface area contributed by atoms with E-state index in [0.29, 0.717) is 0 Å². The molecule has 1 fully saturated rings. The van der Waals surface area contributed by atoms with E-state index < -0.39 is 77.6 Å². The van der Waals surface area contributed by atoms with Gasteiger partial charge in [-0.05, 0) is 0 Å². The van der Waals surface area contributed by atoms with Gasteiger partial charge in [0.25, 0.3) is 20.0 Å². The molecule has 2 N–H and O–H groups in total. The minimum atomic E-state index is -6.36. The second-order valence-corrected chi connectivity index (χ2v) is 11.2. The molecular formula is C6H10F4N2O10S4. The highest BCUT2D eigenvalue weighted by Crippen LogP contribution is 2.38. The van der Waals surface area contributed by atoms with Gasteiger partial charge in [0, 0.05) is 26.2 Å². The maximum atomic E-state index is 13.5. The van der Waals surface area contributed by atoms with Gasteiger partial charge < -0.3 is 0 Å². The summed E-state index contributed by atoms with van der Waals surface area (Å²) in [6.07, 6.45) is 0. The zero-order valence-electron chi connectivity index (χ0n) is 12.0. The maximum absolute atomic E-state index is 13.5. The van der Waals surface area contributed by atoms with Gasteiger partial charge in [-0.25, -0.2) is 22.1 Å². The normalized spacial score (nSPS) is 19.6. The summed E-state index contributed by atoms with van der Waals surface area (Å²) in [5.41, 5.74) is 0. The first-order valence-corrected chi connectivity index (χ1v) is 11.0. The fraction of sp³-hybridized carbons (Fsp3) is 1.00. The highest BCUT2D eigenvalue weighted by Gasteiger charge is 2.61. The third kappa shape index (κ3) is 4.23. The van der Waals surface area contributed by atoms with E-state index in [2.05, 4.69) is 9.37 Å². The Balaban J connectivity index is 2.97. The van der Waals surface area contributed by atoms with Gasteiger partial charge in [-0.1, -0.05) is 5.04 Å². The largest absolute Gasteiger partial charge is 0.484 e. The van der Waals surface area contributed by atoms with Crippen LogP contribution in [0.1, 0.15) is 0 Å². The number of alkyl halides is 4. The van der Waals surface area contributed by atoms with E-state index in [9.17, 15) is 42.8 Å². The van der Waals surface area contributed by atoms with Crippen LogP contribution in [-0.2, 0) is 39.5 Å². The Labute approximate surface area is 148 Å². The molecule has 0 bridgehead atoms. The topological polar surface area (TPSA) is 168 Å². The molecule has 26 heavy (non-hydrogen) atoms. The number of sulfonamides is 2. The van der Waals surface area contributed by atoms with Crippen molar-refractivity contribution in [2.45, 2.75) is 9.17 Å². The molecule has 1 heterocycles. The number of piperazine rings is 1. The smallest absolute Gasteiger partial charge is 0.280 e. The van der Waals surface area contributed by atoms with Gasteiger partial charge in [-0.2, -0.15) is 34.6 Å². The second-order valence-electron chi connectivity index (χ2n) is 4.44. The molecule has 12 nitrogen and oxygen atoms in total. The summed E-state index contributed by atoms with van der Waals surface area (Å²) in [7, 11) is -17.8. The van der Waals surface area contributed by atoms with Crippen molar-refractivity contribution in [3.05, 3.63) is 0 Å². The number of rotatable bonds is 8. The Morgan fingerprint density at radius 2 is 1.23 bits per heavy atom. The van der Waals surface area contributed by atoms with Crippen LogP contribution in [0.15, 0.2) is 0 Å².